The average molecular weight is 614 g/mol. The van der Waals surface area contributed by atoms with Crippen molar-refractivity contribution in [3.63, 3.8) is 0 Å². The first-order chi connectivity index (χ1) is 22.1. The summed E-state index contributed by atoms with van der Waals surface area (Å²) in [4.78, 5) is 2.42. The number of rotatable bonds is 7. The van der Waals surface area contributed by atoms with E-state index in [0.29, 0.717) is 17.9 Å². The van der Waals surface area contributed by atoms with Crippen LogP contribution in [0.2, 0.25) is 0 Å². The van der Waals surface area contributed by atoms with Crippen LogP contribution >= 0.6 is 0 Å². The van der Waals surface area contributed by atoms with Gasteiger partial charge in [-0.15, -0.1) is 5.10 Å². The van der Waals surface area contributed by atoms with Gasteiger partial charge in [-0.1, -0.05) is 30.3 Å². The summed E-state index contributed by atoms with van der Waals surface area (Å²) in [5, 5.41) is 4.96. The van der Waals surface area contributed by atoms with Crippen LogP contribution in [0.15, 0.2) is 60.7 Å². The zero-order valence-electron chi connectivity index (χ0n) is 26.1. The van der Waals surface area contributed by atoms with Gasteiger partial charge in [0.2, 0.25) is 5.95 Å². The van der Waals surface area contributed by atoms with Gasteiger partial charge in [0.15, 0.2) is 12.5 Å². The van der Waals surface area contributed by atoms with E-state index in [1.807, 2.05) is 18.2 Å². The fourth-order valence-electron chi connectivity index (χ4n) is 7.63. The lowest BCUT2D eigenvalue weighted by atomic mass is 9.87. The van der Waals surface area contributed by atoms with Crippen LogP contribution in [-0.4, -0.2) is 50.0 Å². The Kier molecular flexibility index (Phi) is 8.71. The van der Waals surface area contributed by atoms with Crippen molar-refractivity contribution in [3.05, 3.63) is 94.7 Å². The van der Waals surface area contributed by atoms with Gasteiger partial charge in [0, 0.05) is 45.5 Å². The first kappa shape index (κ1) is 30.1. The maximum absolute atomic E-state index is 15.8. The number of aromatic nitrogens is 2. The summed E-state index contributed by atoms with van der Waals surface area (Å²) < 4.78 is 48.6. The maximum Gasteiger partial charge on any atom is 0.240 e. The molecule has 1 aliphatic carbocycles. The first-order valence-corrected chi connectivity index (χ1v) is 16.3. The summed E-state index contributed by atoms with van der Waals surface area (Å²) >= 11 is 0. The van der Waals surface area contributed by atoms with Crippen LogP contribution in [0, 0.1) is 17.7 Å². The van der Waals surface area contributed by atoms with E-state index in [9.17, 15) is 4.39 Å². The highest BCUT2D eigenvalue weighted by atomic mass is 19.1. The monoisotopic (exact) mass is 613 g/mol. The van der Waals surface area contributed by atoms with Gasteiger partial charge >= 0.3 is 0 Å². The van der Waals surface area contributed by atoms with E-state index in [4.69, 9.17) is 14.2 Å². The Bertz CT molecular complexity index is 1660. The molecule has 1 atom stereocenters. The van der Waals surface area contributed by atoms with Crippen molar-refractivity contribution in [2.75, 3.05) is 38.8 Å². The summed E-state index contributed by atoms with van der Waals surface area (Å²) in [6.45, 7) is 2.54. The van der Waals surface area contributed by atoms with Gasteiger partial charge in [-0.3, -0.25) is 0 Å². The molecule has 0 bridgehead atoms. The van der Waals surface area contributed by atoms with E-state index >= 15 is 4.39 Å². The number of allylic oxidation sites excluding steroid dienone is 1. The van der Waals surface area contributed by atoms with Crippen molar-refractivity contribution in [3.8, 4) is 0 Å². The summed E-state index contributed by atoms with van der Waals surface area (Å²) in [6, 6.07) is 19.6. The number of aryl methyl sites for hydroxylation is 1. The smallest absolute Gasteiger partial charge is 0.240 e. The largest absolute Gasteiger partial charge is 0.372 e. The van der Waals surface area contributed by atoms with Crippen molar-refractivity contribution in [1.29, 1.82) is 0 Å². The second-order valence-corrected chi connectivity index (χ2v) is 12.5. The third-order valence-electron chi connectivity index (χ3n) is 9.90. The highest BCUT2D eigenvalue weighted by Gasteiger charge is 2.29. The molecule has 0 radical (unpaired) electrons. The molecular weight excluding hydrogens is 572 g/mol. The molecule has 2 aliphatic heterocycles. The Labute approximate surface area is 263 Å². The minimum absolute atomic E-state index is 0.166. The molecule has 4 aromatic rings. The minimum atomic E-state index is -0.441. The lowest BCUT2D eigenvalue weighted by Crippen LogP contribution is -2.39. The molecule has 2 fully saturated rings. The van der Waals surface area contributed by atoms with Gasteiger partial charge in [0.25, 0.3) is 0 Å². The van der Waals surface area contributed by atoms with Gasteiger partial charge in [-0.2, -0.15) is 4.39 Å². The van der Waals surface area contributed by atoms with Crippen molar-refractivity contribution >= 4 is 27.7 Å². The van der Waals surface area contributed by atoms with Crippen molar-refractivity contribution in [1.82, 2.24) is 9.78 Å². The van der Waals surface area contributed by atoms with Crippen LogP contribution in [0.1, 0.15) is 73.4 Å². The highest BCUT2D eigenvalue weighted by molar-refractivity contribution is 6.03. The lowest BCUT2D eigenvalue weighted by Gasteiger charge is -2.36. The Morgan fingerprint density at radius 2 is 1.56 bits per heavy atom. The predicted molar refractivity (Wildman–Crippen MR) is 173 cm³/mol. The number of nitrogens with zero attached hydrogens (tertiary/aromatic N) is 3. The third-order valence-corrected chi connectivity index (χ3v) is 9.90. The summed E-state index contributed by atoms with van der Waals surface area (Å²) in [5.41, 5.74) is 8.24. The number of halogens is 2. The second-order valence-electron chi connectivity index (χ2n) is 12.5. The number of hydrogen-bond acceptors (Lipinski definition) is 5. The number of benzene rings is 3. The van der Waals surface area contributed by atoms with Crippen LogP contribution in [-0.2, 0) is 20.6 Å². The van der Waals surface area contributed by atoms with Gasteiger partial charge in [-0.25, -0.2) is 9.07 Å². The standard InChI is InChI=1S/C37H41F2N3O3/c1-43-37(44-2)26-19-21-41(22-20-26)28-15-11-25(12-16-28)34-29(24-9-13-27(38)14-10-24)6-5-7-30-31(34)17-18-32-35(30)36(39)40-42(32)33-8-3-4-23-45-33/h9-18,26,33,37H,3-8,19-23H2,1-2H3. The van der Waals surface area contributed by atoms with Crippen LogP contribution in [0.4, 0.5) is 14.5 Å². The molecule has 3 aliphatic rings. The number of ether oxygens (including phenoxy) is 3. The topological polar surface area (TPSA) is 48.8 Å². The molecule has 6 nitrogen and oxygen atoms in total. The van der Waals surface area contributed by atoms with E-state index in [0.717, 1.165) is 103 Å². The van der Waals surface area contributed by atoms with Crippen molar-refractivity contribution < 1.29 is 23.0 Å². The number of fused-ring (bicyclic) bond motifs is 3. The lowest BCUT2D eigenvalue weighted by molar-refractivity contribution is -0.141. The van der Waals surface area contributed by atoms with E-state index in [1.54, 1.807) is 18.9 Å². The van der Waals surface area contributed by atoms with E-state index in [1.165, 1.54) is 17.8 Å². The zero-order chi connectivity index (χ0) is 30.9. The molecule has 0 saturated carbocycles. The van der Waals surface area contributed by atoms with Gasteiger partial charge in [0.05, 0.1) is 10.9 Å². The maximum atomic E-state index is 15.8. The van der Waals surface area contributed by atoms with Gasteiger partial charge in [-0.05, 0) is 115 Å². The fourth-order valence-corrected chi connectivity index (χ4v) is 7.63. The fraction of sp³-hybridized carbons (Fsp3) is 0.432. The molecule has 0 N–H and O–H groups in total. The van der Waals surface area contributed by atoms with Gasteiger partial charge < -0.3 is 19.1 Å². The van der Waals surface area contributed by atoms with Crippen LogP contribution in [0.25, 0.3) is 22.0 Å². The number of anilines is 1. The summed E-state index contributed by atoms with van der Waals surface area (Å²) in [5.74, 6) is -0.317. The normalized spacial score (nSPS) is 19.8. The number of hydrogen-bond donors (Lipinski definition) is 0. The van der Waals surface area contributed by atoms with Crippen LogP contribution < -0.4 is 4.90 Å². The number of methoxy groups -OCH3 is 2. The quantitative estimate of drug-likeness (QED) is 0.197. The minimum Gasteiger partial charge on any atom is -0.372 e. The third kappa shape index (κ3) is 5.80. The molecule has 45 heavy (non-hydrogen) atoms. The Morgan fingerprint density at radius 3 is 2.24 bits per heavy atom. The summed E-state index contributed by atoms with van der Waals surface area (Å²) in [7, 11) is 3.41. The Hall–Kier alpha value is -3.59. The SMILES string of the molecule is COC(OC)C1CCN(c2ccc(C3=C(c4ccc(F)cc4)CCCc4c3ccc3c4c(F)nn3C3CCCCO3)cc2)CC1. The molecule has 0 amide bonds. The molecular formula is C37H41F2N3O3. The zero-order valence-corrected chi connectivity index (χ0v) is 26.1. The predicted octanol–water partition coefficient (Wildman–Crippen LogP) is 8.14. The van der Waals surface area contributed by atoms with E-state index in [2.05, 4.69) is 40.3 Å². The summed E-state index contributed by atoms with van der Waals surface area (Å²) in [6.07, 6.45) is 6.87. The molecule has 236 valence electrons. The van der Waals surface area contributed by atoms with Gasteiger partial charge in [0.1, 0.15) is 5.82 Å². The molecule has 0 spiro atoms. The van der Waals surface area contributed by atoms with Crippen molar-refractivity contribution in [2.24, 2.45) is 5.92 Å². The molecule has 1 unspecified atom stereocenters. The first-order valence-electron chi connectivity index (χ1n) is 16.3. The number of piperidine rings is 1. The second kappa shape index (κ2) is 13.0. The van der Waals surface area contributed by atoms with E-state index in [-0.39, 0.29) is 18.3 Å². The molecule has 3 heterocycles. The molecule has 7 rings (SSSR count). The highest BCUT2D eigenvalue weighted by Crippen LogP contribution is 2.43. The molecule has 2 saturated heterocycles. The molecule has 3 aromatic carbocycles. The van der Waals surface area contributed by atoms with Crippen LogP contribution in [0.3, 0.4) is 0 Å². The Morgan fingerprint density at radius 1 is 0.822 bits per heavy atom. The Balaban J connectivity index is 1.29. The van der Waals surface area contributed by atoms with E-state index < -0.39 is 5.95 Å². The molecule has 8 heteroatoms. The van der Waals surface area contributed by atoms with Crippen LogP contribution in [0.5, 0.6) is 0 Å². The average Bonchev–Trinajstić information content (AvgIpc) is 3.30. The van der Waals surface area contributed by atoms with Crippen molar-refractivity contribution in [2.45, 2.75) is 63.9 Å². The molecule has 1 aromatic heterocycles.